The lowest BCUT2D eigenvalue weighted by atomic mass is 10.0. The molecule has 0 saturated carbocycles. The van der Waals surface area contributed by atoms with Crippen LogP contribution in [0.15, 0.2) is 28.4 Å². The number of nitrogens with one attached hydrogen (secondary N) is 1. The Morgan fingerprint density at radius 2 is 2.20 bits per heavy atom. The summed E-state index contributed by atoms with van der Waals surface area (Å²) in [5.74, 6) is 0. The molecule has 0 saturated heterocycles. The number of hydrogen-bond donors (Lipinski definition) is 1. The van der Waals surface area contributed by atoms with Crippen LogP contribution in [0, 0.1) is 0 Å². The molecule has 0 bridgehead atoms. The van der Waals surface area contributed by atoms with Crippen molar-refractivity contribution in [3.63, 3.8) is 0 Å². The van der Waals surface area contributed by atoms with Gasteiger partial charge in [-0.2, -0.15) is 0 Å². The van der Waals surface area contributed by atoms with Gasteiger partial charge in [0.1, 0.15) is 0 Å². The van der Waals surface area contributed by atoms with Gasteiger partial charge in [0.2, 0.25) is 0 Å². The van der Waals surface area contributed by atoms with E-state index >= 15 is 0 Å². The molecule has 2 aliphatic rings. The molecule has 2 nitrogen and oxygen atoms in total. The molecule has 0 fully saturated rings. The molecule has 0 atom stereocenters. The van der Waals surface area contributed by atoms with Crippen LogP contribution < -0.4 is 5.32 Å². The Labute approximate surface area is 60.3 Å². The molecule has 2 rings (SSSR count). The van der Waals surface area contributed by atoms with E-state index in [0.29, 0.717) is 0 Å². The fourth-order valence-corrected chi connectivity index (χ4v) is 1.29. The van der Waals surface area contributed by atoms with Crippen LogP contribution >= 0.6 is 0 Å². The molecule has 0 aromatic carbocycles. The van der Waals surface area contributed by atoms with E-state index in [2.05, 4.69) is 22.5 Å². The molecule has 2 heteroatoms. The Morgan fingerprint density at radius 1 is 1.30 bits per heavy atom. The van der Waals surface area contributed by atoms with E-state index in [1.807, 2.05) is 0 Å². The van der Waals surface area contributed by atoms with Crippen molar-refractivity contribution in [2.24, 2.45) is 4.99 Å². The van der Waals surface area contributed by atoms with Crippen LogP contribution in [0.3, 0.4) is 0 Å². The minimum Gasteiger partial charge on any atom is -0.350 e. The molecular weight excluding hydrogens is 124 g/mol. The van der Waals surface area contributed by atoms with Crippen LogP contribution in [-0.2, 0) is 0 Å². The van der Waals surface area contributed by atoms with Gasteiger partial charge in [-0.25, -0.2) is 0 Å². The predicted molar refractivity (Wildman–Crippen MR) is 41.9 cm³/mol. The molecule has 0 radical (unpaired) electrons. The summed E-state index contributed by atoms with van der Waals surface area (Å²) in [5, 5.41) is 3.16. The topological polar surface area (TPSA) is 24.4 Å². The lowest BCUT2D eigenvalue weighted by Crippen LogP contribution is -2.19. The van der Waals surface area contributed by atoms with E-state index in [-0.39, 0.29) is 0 Å². The zero-order valence-electron chi connectivity index (χ0n) is 5.80. The van der Waals surface area contributed by atoms with Crippen molar-refractivity contribution < 1.29 is 0 Å². The first-order valence-corrected chi connectivity index (χ1v) is 3.57. The zero-order chi connectivity index (χ0) is 6.81. The average Bonchev–Trinajstić information content (AvgIpc) is 2.05. The van der Waals surface area contributed by atoms with Crippen molar-refractivity contribution in [3.8, 4) is 0 Å². The van der Waals surface area contributed by atoms with Crippen LogP contribution in [0.5, 0.6) is 0 Å². The van der Waals surface area contributed by atoms with E-state index in [1.165, 1.54) is 11.3 Å². The molecule has 1 heterocycles. The van der Waals surface area contributed by atoms with Crippen molar-refractivity contribution in [2.45, 2.75) is 12.8 Å². The molecule has 10 heavy (non-hydrogen) atoms. The highest BCUT2D eigenvalue weighted by Crippen LogP contribution is 2.18. The first-order valence-electron chi connectivity index (χ1n) is 3.57. The predicted octanol–water partition coefficient (Wildman–Crippen LogP) is 1.22. The van der Waals surface area contributed by atoms with E-state index in [4.69, 9.17) is 0 Å². The van der Waals surface area contributed by atoms with E-state index < -0.39 is 0 Å². The van der Waals surface area contributed by atoms with Gasteiger partial charge in [-0.05, 0) is 12.0 Å². The van der Waals surface area contributed by atoms with Crippen molar-refractivity contribution in [3.05, 3.63) is 23.4 Å². The summed E-state index contributed by atoms with van der Waals surface area (Å²) in [6.07, 6.45) is 8.34. The third-order valence-corrected chi connectivity index (χ3v) is 1.89. The number of rotatable bonds is 0. The molecule has 0 amide bonds. The highest BCUT2D eigenvalue weighted by atomic mass is 15.0. The maximum atomic E-state index is 4.13. The second-order valence-corrected chi connectivity index (χ2v) is 2.58. The summed E-state index contributed by atoms with van der Waals surface area (Å²) >= 11 is 0. The minimum atomic E-state index is 0.896. The lowest BCUT2D eigenvalue weighted by molar-refractivity contribution is 0.880. The molecule has 1 N–H and O–H groups in total. The van der Waals surface area contributed by atoms with Crippen molar-refractivity contribution in [1.29, 1.82) is 0 Å². The molecule has 1 aliphatic carbocycles. The monoisotopic (exact) mass is 134 g/mol. The highest BCUT2D eigenvalue weighted by Gasteiger charge is 2.09. The molecule has 1 aliphatic heterocycles. The highest BCUT2D eigenvalue weighted by molar-refractivity contribution is 5.60. The normalized spacial score (nSPS) is 22.4. The van der Waals surface area contributed by atoms with Crippen molar-refractivity contribution >= 4 is 6.34 Å². The van der Waals surface area contributed by atoms with Crippen LogP contribution in [-0.4, -0.2) is 12.9 Å². The number of nitrogens with zero attached hydrogens (tertiary/aromatic N) is 1. The van der Waals surface area contributed by atoms with Crippen LogP contribution in [0.2, 0.25) is 0 Å². The summed E-state index contributed by atoms with van der Waals surface area (Å²) in [7, 11) is 0. The maximum absolute atomic E-state index is 4.13. The van der Waals surface area contributed by atoms with Crippen molar-refractivity contribution in [1.82, 2.24) is 5.32 Å². The van der Waals surface area contributed by atoms with Crippen LogP contribution in [0.4, 0.5) is 0 Å². The minimum absolute atomic E-state index is 0.896. The van der Waals surface area contributed by atoms with Gasteiger partial charge in [-0.15, -0.1) is 0 Å². The Kier molecular flexibility index (Phi) is 1.31. The van der Waals surface area contributed by atoms with E-state index in [1.54, 1.807) is 6.34 Å². The van der Waals surface area contributed by atoms with Gasteiger partial charge in [0.15, 0.2) is 0 Å². The van der Waals surface area contributed by atoms with Crippen molar-refractivity contribution in [2.75, 3.05) is 6.54 Å². The summed E-state index contributed by atoms with van der Waals surface area (Å²) in [5.41, 5.74) is 2.81. The Bertz CT molecular complexity index is 179. The Balaban J connectivity index is 2.19. The summed E-state index contributed by atoms with van der Waals surface area (Å²) < 4.78 is 0. The molecule has 0 spiro atoms. The third-order valence-electron chi connectivity index (χ3n) is 1.89. The fraction of sp³-hybridized carbons (Fsp3) is 0.375. The van der Waals surface area contributed by atoms with Gasteiger partial charge in [0, 0.05) is 12.1 Å². The Morgan fingerprint density at radius 3 is 3.10 bits per heavy atom. The SMILES string of the molecule is C1=CCC2=C(C1)CN=CN2. The molecule has 0 aromatic heterocycles. The zero-order valence-corrected chi connectivity index (χ0v) is 5.80. The van der Waals surface area contributed by atoms with E-state index in [9.17, 15) is 0 Å². The summed E-state index contributed by atoms with van der Waals surface area (Å²) in [6, 6.07) is 0. The first-order chi connectivity index (χ1) is 4.97. The molecule has 52 valence electrons. The van der Waals surface area contributed by atoms with Gasteiger partial charge in [0.25, 0.3) is 0 Å². The summed E-state index contributed by atoms with van der Waals surface area (Å²) in [4.78, 5) is 4.13. The van der Waals surface area contributed by atoms with E-state index in [0.717, 1.165) is 19.4 Å². The fourth-order valence-electron chi connectivity index (χ4n) is 1.29. The molecule has 0 aromatic rings. The maximum Gasteiger partial charge on any atom is 0.0869 e. The second-order valence-electron chi connectivity index (χ2n) is 2.58. The Hall–Kier alpha value is -1.05. The number of aliphatic imine (C=N–C) groups is 1. The number of hydrogen-bond acceptors (Lipinski definition) is 2. The molecule has 0 unspecified atom stereocenters. The summed E-state index contributed by atoms with van der Waals surface area (Å²) in [6.45, 7) is 0.896. The van der Waals surface area contributed by atoms with Crippen LogP contribution in [0.25, 0.3) is 0 Å². The number of allylic oxidation sites excluding steroid dienone is 2. The quantitative estimate of drug-likeness (QED) is 0.495. The van der Waals surface area contributed by atoms with Gasteiger partial charge in [-0.1, -0.05) is 12.2 Å². The first kappa shape index (κ1) is 5.71. The standard InChI is InChI=1S/C8H10N2/c1-2-4-8-7(3-1)5-9-6-10-8/h1-2,6H,3-5H2,(H,9,10). The third kappa shape index (κ3) is 0.856. The largest absolute Gasteiger partial charge is 0.350 e. The average molecular weight is 134 g/mol. The van der Waals surface area contributed by atoms with Gasteiger partial charge in [0.05, 0.1) is 12.9 Å². The lowest BCUT2D eigenvalue weighted by Gasteiger charge is -2.18. The smallest absolute Gasteiger partial charge is 0.0869 e. The van der Waals surface area contributed by atoms with Gasteiger partial charge < -0.3 is 5.32 Å². The van der Waals surface area contributed by atoms with Gasteiger partial charge in [-0.3, -0.25) is 4.99 Å². The van der Waals surface area contributed by atoms with Crippen LogP contribution in [0.1, 0.15) is 12.8 Å². The van der Waals surface area contributed by atoms with Gasteiger partial charge >= 0.3 is 0 Å². The molecular formula is C8H10N2. The second kappa shape index (κ2) is 2.29.